The van der Waals surface area contributed by atoms with E-state index in [9.17, 15) is 0 Å². The number of methoxy groups -OCH3 is 2. The maximum Gasteiger partial charge on any atom is 0.0496 e. The number of hydrogen-bond acceptors (Lipinski definition) is 2. The lowest BCUT2D eigenvalue weighted by Crippen LogP contribution is -2.29. The summed E-state index contributed by atoms with van der Waals surface area (Å²) in [6, 6.07) is 0. The molecule has 1 aliphatic carbocycles. The van der Waals surface area contributed by atoms with Crippen LogP contribution in [-0.2, 0) is 9.47 Å². The Bertz CT molecular complexity index is 224. The topological polar surface area (TPSA) is 18.5 Å². The Balaban J connectivity index is 2.36. The van der Waals surface area contributed by atoms with Gasteiger partial charge in [-0.15, -0.1) is 0 Å². The largest absolute Gasteiger partial charge is 0.384 e. The quantitative estimate of drug-likeness (QED) is 0.421. The van der Waals surface area contributed by atoms with Gasteiger partial charge < -0.3 is 9.47 Å². The highest BCUT2D eigenvalue weighted by Crippen LogP contribution is 2.37. The van der Waals surface area contributed by atoms with Crippen molar-refractivity contribution in [1.29, 1.82) is 0 Å². The monoisotopic (exact) mass is 298 g/mol. The van der Waals surface area contributed by atoms with E-state index in [0.29, 0.717) is 11.8 Å². The fourth-order valence-corrected chi connectivity index (χ4v) is 4.06. The van der Waals surface area contributed by atoms with Gasteiger partial charge in [0.15, 0.2) is 0 Å². The number of unbranched alkanes of at least 4 members (excludes halogenated alkanes) is 5. The van der Waals surface area contributed by atoms with Crippen molar-refractivity contribution in [3.05, 3.63) is 0 Å². The highest BCUT2D eigenvalue weighted by molar-refractivity contribution is 4.81. The van der Waals surface area contributed by atoms with Crippen molar-refractivity contribution in [2.24, 2.45) is 17.8 Å². The van der Waals surface area contributed by atoms with Gasteiger partial charge in [-0.1, -0.05) is 71.1 Å². The minimum absolute atomic E-state index is 0.698. The van der Waals surface area contributed by atoms with Crippen LogP contribution in [0.1, 0.15) is 77.6 Å². The summed E-state index contributed by atoms with van der Waals surface area (Å²) in [6.45, 7) is 4.12. The summed E-state index contributed by atoms with van der Waals surface area (Å²) in [7, 11) is 3.71. The van der Waals surface area contributed by atoms with Gasteiger partial charge in [-0.3, -0.25) is 0 Å². The zero-order valence-corrected chi connectivity index (χ0v) is 14.7. The van der Waals surface area contributed by atoms with E-state index < -0.39 is 0 Å². The molecule has 2 heteroatoms. The summed E-state index contributed by atoms with van der Waals surface area (Å²) in [5.74, 6) is 2.29. The van der Waals surface area contributed by atoms with Crippen LogP contribution in [0.3, 0.4) is 0 Å². The Labute approximate surface area is 133 Å². The Kier molecular flexibility index (Phi) is 11.3. The van der Waals surface area contributed by atoms with E-state index in [-0.39, 0.29) is 0 Å². The first kappa shape index (κ1) is 19.0. The van der Waals surface area contributed by atoms with Crippen LogP contribution < -0.4 is 0 Å². The molecule has 0 radical (unpaired) electrons. The second kappa shape index (κ2) is 12.5. The molecule has 2 atom stereocenters. The smallest absolute Gasteiger partial charge is 0.0496 e. The van der Waals surface area contributed by atoms with Crippen LogP contribution in [0.5, 0.6) is 0 Å². The van der Waals surface area contributed by atoms with Gasteiger partial charge in [0.1, 0.15) is 0 Å². The summed E-state index contributed by atoms with van der Waals surface area (Å²) in [4.78, 5) is 0. The highest BCUT2D eigenvalue weighted by Gasteiger charge is 2.31. The van der Waals surface area contributed by atoms with Gasteiger partial charge >= 0.3 is 0 Å². The molecule has 1 aliphatic rings. The number of hydrogen-bond donors (Lipinski definition) is 0. The van der Waals surface area contributed by atoms with Crippen LogP contribution in [0.2, 0.25) is 0 Å². The van der Waals surface area contributed by atoms with Crippen molar-refractivity contribution in [3.8, 4) is 0 Å². The standard InChI is InChI=1S/C19H38O2/c1-4-5-6-7-8-9-14-18(15-20-2)19(16-21-3)17-12-10-11-13-17/h17-19H,4-16H2,1-3H3. The second-order valence-corrected chi connectivity index (χ2v) is 6.94. The molecule has 0 heterocycles. The van der Waals surface area contributed by atoms with Gasteiger partial charge in [0, 0.05) is 27.4 Å². The molecular formula is C19H38O2. The van der Waals surface area contributed by atoms with Crippen LogP contribution in [0.15, 0.2) is 0 Å². The molecule has 1 fully saturated rings. The Hall–Kier alpha value is -0.0800. The summed E-state index contributed by atoms with van der Waals surface area (Å²) >= 11 is 0. The minimum Gasteiger partial charge on any atom is -0.384 e. The maximum atomic E-state index is 5.55. The van der Waals surface area contributed by atoms with Crippen molar-refractivity contribution in [3.63, 3.8) is 0 Å². The lowest BCUT2D eigenvalue weighted by molar-refractivity contribution is 0.0367. The molecule has 0 amide bonds. The molecule has 126 valence electrons. The van der Waals surface area contributed by atoms with Crippen LogP contribution >= 0.6 is 0 Å². The molecule has 1 rings (SSSR count). The molecule has 0 spiro atoms. The van der Waals surface area contributed by atoms with Gasteiger partial charge in [-0.2, -0.15) is 0 Å². The SMILES string of the molecule is CCCCCCCCC(COC)C(COC)C1CCCC1. The van der Waals surface area contributed by atoms with Gasteiger partial charge in [-0.05, 0) is 24.2 Å². The predicted octanol–water partition coefficient (Wildman–Crippen LogP) is 5.45. The predicted molar refractivity (Wildman–Crippen MR) is 90.7 cm³/mol. The van der Waals surface area contributed by atoms with Crippen LogP contribution in [-0.4, -0.2) is 27.4 Å². The molecule has 0 N–H and O–H groups in total. The molecule has 0 aromatic rings. The van der Waals surface area contributed by atoms with E-state index >= 15 is 0 Å². The lowest BCUT2D eigenvalue weighted by Gasteiger charge is -2.31. The summed E-state index contributed by atoms with van der Waals surface area (Å²) in [5.41, 5.74) is 0. The van der Waals surface area contributed by atoms with E-state index in [4.69, 9.17) is 9.47 Å². The van der Waals surface area contributed by atoms with E-state index in [2.05, 4.69) is 6.92 Å². The molecule has 0 aliphatic heterocycles. The first-order valence-electron chi connectivity index (χ1n) is 9.31. The first-order valence-corrected chi connectivity index (χ1v) is 9.31. The van der Waals surface area contributed by atoms with Gasteiger partial charge in [0.05, 0.1) is 0 Å². The Morgan fingerprint density at radius 3 is 2.10 bits per heavy atom. The number of rotatable bonds is 13. The maximum absolute atomic E-state index is 5.55. The van der Waals surface area contributed by atoms with Crippen molar-refractivity contribution >= 4 is 0 Å². The van der Waals surface area contributed by atoms with Gasteiger partial charge in [0.25, 0.3) is 0 Å². The minimum atomic E-state index is 0.698. The van der Waals surface area contributed by atoms with Crippen LogP contribution in [0.25, 0.3) is 0 Å². The summed E-state index contributed by atoms with van der Waals surface area (Å²) < 4.78 is 11.1. The van der Waals surface area contributed by atoms with Crippen LogP contribution in [0, 0.1) is 17.8 Å². The first-order chi connectivity index (χ1) is 10.3. The van der Waals surface area contributed by atoms with Crippen molar-refractivity contribution in [2.75, 3.05) is 27.4 Å². The molecule has 0 saturated heterocycles. The fourth-order valence-electron chi connectivity index (χ4n) is 4.06. The normalized spacial score (nSPS) is 19.0. The zero-order valence-electron chi connectivity index (χ0n) is 14.7. The molecule has 0 aromatic carbocycles. The molecule has 1 saturated carbocycles. The van der Waals surface area contributed by atoms with Gasteiger partial charge in [0.2, 0.25) is 0 Å². The van der Waals surface area contributed by atoms with Crippen LogP contribution in [0.4, 0.5) is 0 Å². The zero-order chi connectivity index (χ0) is 15.3. The van der Waals surface area contributed by atoms with Crippen molar-refractivity contribution < 1.29 is 9.47 Å². The van der Waals surface area contributed by atoms with Crippen molar-refractivity contribution in [2.45, 2.75) is 77.6 Å². The summed E-state index contributed by atoms with van der Waals surface area (Å²) in [6.07, 6.45) is 15.3. The van der Waals surface area contributed by atoms with Gasteiger partial charge in [-0.25, -0.2) is 0 Å². The third-order valence-electron chi connectivity index (χ3n) is 5.28. The third kappa shape index (κ3) is 7.65. The molecule has 0 aromatic heterocycles. The van der Waals surface area contributed by atoms with E-state index in [1.165, 1.54) is 70.6 Å². The molecule has 0 bridgehead atoms. The number of ether oxygens (including phenoxy) is 2. The van der Waals surface area contributed by atoms with Crippen molar-refractivity contribution in [1.82, 2.24) is 0 Å². The molecule has 21 heavy (non-hydrogen) atoms. The van der Waals surface area contributed by atoms with E-state index in [1.54, 1.807) is 0 Å². The Morgan fingerprint density at radius 1 is 0.857 bits per heavy atom. The second-order valence-electron chi connectivity index (χ2n) is 6.94. The average Bonchev–Trinajstić information content (AvgIpc) is 3.01. The highest BCUT2D eigenvalue weighted by atomic mass is 16.5. The fraction of sp³-hybridized carbons (Fsp3) is 1.00. The lowest BCUT2D eigenvalue weighted by atomic mass is 9.79. The molecule has 2 unspecified atom stereocenters. The van der Waals surface area contributed by atoms with E-state index in [1.807, 2.05) is 14.2 Å². The summed E-state index contributed by atoms with van der Waals surface area (Å²) in [5, 5.41) is 0. The molecular weight excluding hydrogens is 260 g/mol. The van der Waals surface area contributed by atoms with E-state index in [0.717, 1.165) is 19.1 Å². The Morgan fingerprint density at radius 2 is 1.48 bits per heavy atom. The third-order valence-corrected chi connectivity index (χ3v) is 5.28. The molecule has 2 nitrogen and oxygen atoms in total. The average molecular weight is 299 g/mol.